The quantitative estimate of drug-likeness (QED) is 0.718. The van der Waals surface area contributed by atoms with Gasteiger partial charge in [-0.2, -0.15) is 0 Å². The first kappa shape index (κ1) is 21.8. The molecule has 0 spiro atoms. The molecule has 2 atom stereocenters. The molecule has 0 aromatic heterocycles. The molecule has 1 unspecified atom stereocenters. The second-order valence-electron chi connectivity index (χ2n) is 8.23. The van der Waals surface area contributed by atoms with Crippen molar-refractivity contribution >= 4 is 18.0 Å². The number of carbonyl (C=O) groups is 3. The summed E-state index contributed by atoms with van der Waals surface area (Å²) in [4.78, 5) is 38.2. The summed E-state index contributed by atoms with van der Waals surface area (Å²) < 4.78 is 10.7. The summed E-state index contributed by atoms with van der Waals surface area (Å²) in [5.41, 5.74) is 3.01. The number of fused-ring (bicyclic) bond motifs is 3. The van der Waals surface area contributed by atoms with Crippen LogP contribution in [-0.4, -0.2) is 66.4 Å². The summed E-state index contributed by atoms with van der Waals surface area (Å²) >= 11 is 0. The number of carboxylic acid groups (broad SMARTS) is 1. The lowest BCUT2D eigenvalue weighted by Crippen LogP contribution is -2.59. The number of benzene rings is 2. The van der Waals surface area contributed by atoms with Crippen molar-refractivity contribution in [2.24, 2.45) is 0 Å². The van der Waals surface area contributed by atoms with E-state index >= 15 is 0 Å². The minimum Gasteiger partial charge on any atom is -0.479 e. The van der Waals surface area contributed by atoms with Gasteiger partial charge < -0.3 is 24.8 Å². The van der Waals surface area contributed by atoms with Crippen LogP contribution < -0.4 is 5.32 Å². The predicted octanol–water partition coefficient (Wildman–Crippen LogP) is 2.62. The maximum absolute atomic E-state index is 12.8. The van der Waals surface area contributed by atoms with Crippen LogP contribution in [0.25, 0.3) is 11.1 Å². The minimum atomic E-state index is -1.42. The molecule has 0 bridgehead atoms. The number of nitrogens with one attached hydrogen (secondary N) is 1. The fourth-order valence-electron chi connectivity index (χ4n) is 4.51. The van der Waals surface area contributed by atoms with Crippen LogP contribution in [0.1, 0.15) is 30.4 Å². The number of likely N-dealkylation sites (N-methyl/N-ethyl adjacent to an activating group) is 1. The molecule has 2 N–H and O–H groups in total. The molecular weight excluding hydrogens is 412 g/mol. The third-order valence-electron chi connectivity index (χ3n) is 6.42. The highest BCUT2D eigenvalue weighted by molar-refractivity contribution is 5.91. The normalized spacial score (nSPS) is 20.2. The Morgan fingerprint density at radius 2 is 1.75 bits per heavy atom. The van der Waals surface area contributed by atoms with Gasteiger partial charge in [0.05, 0.1) is 6.61 Å². The smallest absolute Gasteiger partial charge is 0.407 e. The Bertz CT molecular complexity index is 1000. The number of ether oxygens (including phenoxy) is 2. The first-order valence-corrected chi connectivity index (χ1v) is 10.6. The fourth-order valence-corrected chi connectivity index (χ4v) is 4.51. The van der Waals surface area contributed by atoms with Crippen molar-refractivity contribution in [2.45, 2.75) is 30.8 Å². The van der Waals surface area contributed by atoms with Gasteiger partial charge in [0, 0.05) is 26.0 Å². The largest absolute Gasteiger partial charge is 0.479 e. The van der Waals surface area contributed by atoms with Gasteiger partial charge in [0.25, 0.3) is 0 Å². The van der Waals surface area contributed by atoms with Crippen molar-refractivity contribution in [3.05, 3.63) is 59.7 Å². The zero-order valence-electron chi connectivity index (χ0n) is 18.0. The first-order chi connectivity index (χ1) is 15.3. The molecule has 2 aliphatic rings. The average Bonchev–Trinajstić information content (AvgIpc) is 3.41. The molecule has 1 aliphatic carbocycles. The lowest BCUT2D eigenvalue weighted by atomic mass is 9.96. The van der Waals surface area contributed by atoms with Gasteiger partial charge in [-0.3, -0.25) is 4.79 Å². The van der Waals surface area contributed by atoms with Gasteiger partial charge in [-0.25, -0.2) is 9.59 Å². The van der Waals surface area contributed by atoms with Gasteiger partial charge in [0.2, 0.25) is 5.91 Å². The summed E-state index contributed by atoms with van der Waals surface area (Å²) in [5.74, 6) is -1.74. The summed E-state index contributed by atoms with van der Waals surface area (Å²) in [6.45, 7) is 1.81. The summed E-state index contributed by atoms with van der Waals surface area (Å²) in [6, 6.07) is 15.1. The zero-order chi connectivity index (χ0) is 22.9. The van der Waals surface area contributed by atoms with Crippen LogP contribution in [0.5, 0.6) is 0 Å². The number of hydrogen-bond acceptors (Lipinski definition) is 5. The number of hydrogen-bond donors (Lipinski definition) is 2. The second-order valence-corrected chi connectivity index (χ2v) is 8.23. The summed E-state index contributed by atoms with van der Waals surface area (Å²) in [6.07, 6.45) is -0.532. The van der Waals surface area contributed by atoms with E-state index in [1.165, 1.54) is 14.0 Å². The Kier molecular flexibility index (Phi) is 5.88. The van der Waals surface area contributed by atoms with Gasteiger partial charge in [0.1, 0.15) is 12.6 Å². The molecule has 168 valence electrons. The van der Waals surface area contributed by atoms with Crippen LogP contribution in [0.15, 0.2) is 48.5 Å². The predicted molar refractivity (Wildman–Crippen MR) is 116 cm³/mol. The Morgan fingerprint density at radius 3 is 2.28 bits per heavy atom. The minimum absolute atomic E-state index is 0.0811. The van der Waals surface area contributed by atoms with Crippen LogP contribution in [0.2, 0.25) is 0 Å². The van der Waals surface area contributed by atoms with Crippen molar-refractivity contribution in [1.29, 1.82) is 0 Å². The number of nitrogens with zero attached hydrogens (tertiary/aromatic N) is 1. The van der Waals surface area contributed by atoms with Gasteiger partial charge in [-0.05, 0) is 29.2 Å². The SMILES string of the molecule is C[C@@H](NC(=O)OCC1c2ccccc2-c2ccccc21)C(=O)N(C)C1(C(=O)O)CCOC1. The molecule has 1 fully saturated rings. The van der Waals surface area contributed by atoms with Crippen molar-refractivity contribution < 1.29 is 29.0 Å². The lowest BCUT2D eigenvalue weighted by molar-refractivity contribution is -0.158. The van der Waals surface area contributed by atoms with Crippen molar-refractivity contribution in [3.63, 3.8) is 0 Å². The number of carbonyl (C=O) groups excluding carboxylic acids is 2. The number of carboxylic acids is 1. The highest BCUT2D eigenvalue weighted by atomic mass is 16.5. The number of amides is 2. The van der Waals surface area contributed by atoms with E-state index in [4.69, 9.17) is 9.47 Å². The van der Waals surface area contributed by atoms with E-state index in [0.29, 0.717) is 0 Å². The van der Waals surface area contributed by atoms with E-state index in [9.17, 15) is 19.5 Å². The van der Waals surface area contributed by atoms with E-state index < -0.39 is 29.6 Å². The van der Waals surface area contributed by atoms with Gasteiger partial charge in [0.15, 0.2) is 5.54 Å². The number of aliphatic carboxylic acids is 1. The Balaban J connectivity index is 1.39. The first-order valence-electron chi connectivity index (χ1n) is 10.6. The average molecular weight is 438 g/mol. The maximum Gasteiger partial charge on any atom is 0.407 e. The number of rotatable bonds is 6. The van der Waals surface area contributed by atoms with Crippen LogP contribution in [-0.2, 0) is 19.1 Å². The molecule has 0 radical (unpaired) electrons. The lowest BCUT2D eigenvalue weighted by Gasteiger charge is -2.35. The Hall–Kier alpha value is -3.39. The molecule has 1 aliphatic heterocycles. The van der Waals surface area contributed by atoms with Gasteiger partial charge >= 0.3 is 12.1 Å². The van der Waals surface area contributed by atoms with E-state index in [0.717, 1.165) is 27.2 Å². The standard InChI is InChI=1S/C24H26N2O6/c1-15(21(27)26(2)24(22(28)29)11-12-31-14-24)25-23(30)32-13-20-18-9-5-3-7-16(18)17-8-4-6-10-19(17)20/h3-10,15,20H,11-14H2,1-2H3,(H,25,30)(H,28,29)/t15-,24?/m1/s1. The molecule has 2 aromatic carbocycles. The maximum atomic E-state index is 12.8. The van der Waals surface area contributed by atoms with Gasteiger partial charge in [-0.15, -0.1) is 0 Å². The molecule has 0 saturated carbocycles. The van der Waals surface area contributed by atoms with Crippen molar-refractivity contribution in [1.82, 2.24) is 10.2 Å². The molecular formula is C24H26N2O6. The molecule has 2 aromatic rings. The van der Waals surface area contributed by atoms with E-state index in [1.54, 1.807) is 0 Å². The molecule has 2 amide bonds. The molecule has 8 heteroatoms. The summed E-state index contributed by atoms with van der Waals surface area (Å²) in [7, 11) is 1.42. The van der Waals surface area contributed by atoms with E-state index in [1.807, 2.05) is 36.4 Å². The highest BCUT2D eigenvalue weighted by Gasteiger charge is 2.49. The molecule has 1 heterocycles. The van der Waals surface area contributed by atoms with E-state index in [2.05, 4.69) is 17.4 Å². The zero-order valence-corrected chi connectivity index (χ0v) is 18.0. The second kappa shape index (κ2) is 8.63. The topological polar surface area (TPSA) is 105 Å². The number of alkyl carbamates (subject to hydrolysis) is 1. The van der Waals surface area contributed by atoms with E-state index in [-0.39, 0.29) is 32.2 Å². The third-order valence-corrected chi connectivity index (χ3v) is 6.42. The molecule has 8 nitrogen and oxygen atoms in total. The third kappa shape index (κ3) is 3.71. The molecule has 32 heavy (non-hydrogen) atoms. The van der Waals surface area contributed by atoms with Crippen LogP contribution in [0, 0.1) is 0 Å². The van der Waals surface area contributed by atoms with Crippen molar-refractivity contribution in [2.75, 3.05) is 26.9 Å². The fraction of sp³-hybridized carbons (Fsp3) is 0.375. The Labute approximate surface area is 186 Å². The highest BCUT2D eigenvalue weighted by Crippen LogP contribution is 2.44. The Morgan fingerprint density at radius 1 is 1.16 bits per heavy atom. The monoisotopic (exact) mass is 438 g/mol. The van der Waals surface area contributed by atoms with Crippen molar-refractivity contribution in [3.8, 4) is 11.1 Å². The van der Waals surface area contributed by atoms with Crippen LogP contribution >= 0.6 is 0 Å². The molecule has 4 rings (SSSR count). The van der Waals surface area contributed by atoms with Crippen LogP contribution in [0.3, 0.4) is 0 Å². The molecule has 1 saturated heterocycles. The summed E-state index contributed by atoms with van der Waals surface area (Å²) in [5, 5.41) is 12.2. The van der Waals surface area contributed by atoms with Gasteiger partial charge in [-0.1, -0.05) is 48.5 Å². The van der Waals surface area contributed by atoms with Crippen LogP contribution in [0.4, 0.5) is 4.79 Å².